The third-order valence-electron chi connectivity index (χ3n) is 2.80. The number of hydrogen-bond donors (Lipinski definition) is 1. The van der Waals surface area contributed by atoms with Crippen molar-refractivity contribution in [3.8, 4) is 23.5 Å². The van der Waals surface area contributed by atoms with Crippen molar-refractivity contribution in [2.75, 3.05) is 20.8 Å². The Morgan fingerprint density at radius 2 is 1.80 bits per heavy atom. The maximum Gasteiger partial charge on any atom is 0.343 e. The van der Waals surface area contributed by atoms with Gasteiger partial charge in [-0.05, 0) is 12.1 Å². The van der Waals surface area contributed by atoms with E-state index in [9.17, 15) is 9.59 Å². The van der Waals surface area contributed by atoms with E-state index in [4.69, 9.17) is 36.3 Å². The molecule has 2 N–H and O–H groups in total. The van der Waals surface area contributed by atoms with Crippen molar-refractivity contribution in [3.05, 3.63) is 34.9 Å². The van der Waals surface area contributed by atoms with Gasteiger partial charge < -0.3 is 24.7 Å². The predicted octanol–water partition coefficient (Wildman–Crippen LogP) is 1.58. The zero-order valence-electron chi connectivity index (χ0n) is 13.3. The van der Waals surface area contributed by atoms with Crippen LogP contribution in [0.3, 0.4) is 0 Å². The van der Waals surface area contributed by atoms with E-state index in [0.29, 0.717) is 0 Å². The normalized spacial score (nSPS) is 10.0. The summed E-state index contributed by atoms with van der Waals surface area (Å²) in [6.07, 6.45) is 0. The molecule has 0 saturated carbocycles. The van der Waals surface area contributed by atoms with Gasteiger partial charge in [0.2, 0.25) is 11.8 Å². The zero-order chi connectivity index (χ0) is 18.4. The highest BCUT2D eigenvalue weighted by Crippen LogP contribution is 2.31. The molecule has 0 aliphatic heterocycles. The lowest BCUT2D eigenvalue weighted by atomic mass is 10.2. The monoisotopic (exact) mass is 367 g/mol. The summed E-state index contributed by atoms with van der Waals surface area (Å²) in [4.78, 5) is 30.9. The summed E-state index contributed by atoms with van der Waals surface area (Å²) in [5, 5.41) is 0.0573. The Morgan fingerprint density at radius 3 is 2.36 bits per heavy atom. The molecule has 10 heteroatoms. The van der Waals surface area contributed by atoms with E-state index in [1.54, 1.807) is 6.07 Å². The first-order valence-electron chi connectivity index (χ1n) is 6.83. The summed E-state index contributed by atoms with van der Waals surface area (Å²) < 4.78 is 20.3. The van der Waals surface area contributed by atoms with Gasteiger partial charge in [0.15, 0.2) is 6.61 Å². The average molecular weight is 368 g/mol. The molecule has 0 aliphatic carbocycles. The average Bonchev–Trinajstić information content (AvgIpc) is 2.59. The van der Waals surface area contributed by atoms with E-state index in [0.717, 1.165) is 0 Å². The van der Waals surface area contributed by atoms with E-state index in [1.165, 1.54) is 32.4 Å². The topological polar surface area (TPSA) is 123 Å². The van der Waals surface area contributed by atoms with Crippen LogP contribution in [0.1, 0.15) is 10.4 Å². The van der Waals surface area contributed by atoms with Crippen LogP contribution in [0.2, 0.25) is 5.02 Å². The van der Waals surface area contributed by atoms with E-state index in [2.05, 4.69) is 9.97 Å². The molecular formula is C15H14ClN3O6. The van der Waals surface area contributed by atoms with Crippen LogP contribution in [-0.2, 0) is 9.53 Å². The van der Waals surface area contributed by atoms with Crippen LogP contribution in [0.5, 0.6) is 23.5 Å². The summed E-state index contributed by atoms with van der Waals surface area (Å²) in [6.45, 7) is -0.590. The standard InChI is InChI=1S/C15H14ClN3O6/c1-22-11-6-12(23-2)19-15(18-11)25-9-5-3-4-8(16)13(9)14(21)24-7-10(17)20/h3-6H,7H2,1-2H3,(H2,17,20). The molecule has 25 heavy (non-hydrogen) atoms. The lowest BCUT2D eigenvalue weighted by Crippen LogP contribution is -2.21. The fraction of sp³-hybridized carbons (Fsp3) is 0.200. The second kappa shape index (κ2) is 8.15. The molecule has 0 bridgehead atoms. The van der Waals surface area contributed by atoms with Gasteiger partial charge in [-0.3, -0.25) is 4.79 Å². The molecular weight excluding hydrogens is 354 g/mol. The molecule has 0 spiro atoms. The van der Waals surface area contributed by atoms with Crippen LogP contribution >= 0.6 is 11.6 Å². The van der Waals surface area contributed by atoms with Gasteiger partial charge in [0, 0.05) is 0 Å². The maximum absolute atomic E-state index is 12.1. The smallest absolute Gasteiger partial charge is 0.343 e. The molecule has 1 aromatic heterocycles. The predicted molar refractivity (Wildman–Crippen MR) is 86.1 cm³/mol. The number of carbonyl (C=O) groups is 2. The second-order valence-electron chi connectivity index (χ2n) is 4.49. The van der Waals surface area contributed by atoms with Crippen molar-refractivity contribution >= 4 is 23.5 Å². The van der Waals surface area contributed by atoms with Crippen LogP contribution < -0.4 is 19.9 Å². The zero-order valence-corrected chi connectivity index (χ0v) is 14.1. The number of esters is 1. The van der Waals surface area contributed by atoms with Crippen molar-refractivity contribution in [3.63, 3.8) is 0 Å². The van der Waals surface area contributed by atoms with Gasteiger partial charge in [-0.1, -0.05) is 17.7 Å². The first kappa shape index (κ1) is 18.3. The van der Waals surface area contributed by atoms with Gasteiger partial charge in [0.05, 0.1) is 25.3 Å². The minimum Gasteiger partial charge on any atom is -0.481 e. The highest BCUT2D eigenvalue weighted by Gasteiger charge is 2.20. The number of hydrogen-bond acceptors (Lipinski definition) is 8. The molecule has 9 nitrogen and oxygen atoms in total. The molecule has 0 saturated heterocycles. The quantitative estimate of drug-likeness (QED) is 0.731. The number of rotatable bonds is 7. The Balaban J connectivity index is 2.35. The SMILES string of the molecule is COc1cc(OC)nc(Oc2cccc(Cl)c2C(=O)OCC(N)=O)n1. The van der Waals surface area contributed by atoms with Crippen LogP contribution in [-0.4, -0.2) is 42.7 Å². The van der Waals surface area contributed by atoms with E-state index in [-0.39, 0.29) is 34.1 Å². The number of nitrogens with zero attached hydrogens (tertiary/aromatic N) is 2. The van der Waals surface area contributed by atoms with E-state index in [1.807, 2.05) is 0 Å². The molecule has 0 aliphatic rings. The number of aromatic nitrogens is 2. The van der Waals surface area contributed by atoms with Crippen molar-refractivity contribution < 1.29 is 28.5 Å². The molecule has 2 rings (SSSR count). The minimum absolute atomic E-state index is 0.0253. The van der Waals surface area contributed by atoms with Gasteiger partial charge in [0.25, 0.3) is 5.91 Å². The summed E-state index contributed by atoms with van der Waals surface area (Å²) in [5.74, 6) is -1.27. The van der Waals surface area contributed by atoms with Crippen molar-refractivity contribution in [2.45, 2.75) is 0 Å². The van der Waals surface area contributed by atoms with Gasteiger partial charge in [0.1, 0.15) is 11.3 Å². The van der Waals surface area contributed by atoms with Crippen molar-refractivity contribution in [2.24, 2.45) is 5.73 Å². The van der Waals surface area contributed by atoms with Gasteiger partial charge in [-0.25, -0.2) is 4.79 Å². The largest absolute Gasteiger partial charge is 0.481 e. The number of halogens is 1. The highest BCUT2D eigenvalue weighted by atomic mass is 35.5. The maximum atomic E-state index is 12.1. The fourth-order valence-corrected chi connectivity index (χ4v) is 1.98. The van der Waals surface area contributed by atoms with Gasteiger partial charge in [-0.2, -0.15) is 9.97 Å². The van der Waals surface area contributed by atoms with Crippen LogP contribution in [0, 0.1) is 0 Å². The van der Waals surface area contributed by atoms with Crippen LogP contribution in [0.25, 0.3) is 0 Å². The third kappa shape index (κ3) is 4.70. The fourth-order valence-electron chi connectivity index (χ4n) is 1.73. The number of benzene rings is 1. The molecule has 132 valence electrons. The first-order chi connectivity index (χ1) is 11.9. The summed E-state index contributed by atoms with van der Waals surface area (Å²) in [5.41, 5.74) is 4.85. The Kier molecular flexibility index (Phi) is 5.96. The molecule has 1 amide bonds. The number of carbonyl (C=O) groups excluding carboxylic acids is 2. The van der Waals surface area contributed by atoms with E-state index >= 15 is 0 Å². The Bertz CT molecular complexity index is 777. The molecule has 1 aromatic carbocycles. The van der Waals surface area contributed by atoms with Gasteiger partial charge >= 0.3 is 12.0 Å². The second-order valence-corrected chi connectivity index (χ2v) is 4.90. The summed E-state index contributed by atoms with van der Waals surface area (Å²) in [7, 11) is 2.83. The minimum atomic E-state index is -0.880. The van der Waals surface area contributed by atoms with E-state index < -0.39 is 18.5 Å². The number of amides is 1. The lowest BCUT2D eigenvalue weighted by molar-refractivity contribution is -0.121. The van der Waals surface area contributed by atoms with Gasteiger partial charge in [-0.15, -0.1) is 0 Å². The van der Waals surface area contributed by atoms with Crippen LogP contribution in [0.15, 0.2) is 24.3 Å². The van der Waals surface area contributed by atoms with Crippen molar-refractivity contribution in [1.82, 2.24) is 9.97 Å². The molecule has 0 unspecified atom stereocenters. The Morgan fingerprint density at radius 1 is 1.16 bits per heavy atom. The van der Waals surface area contributed by atoms with Crippen molar-refractivity contribution in [1.29, 1.82) is 0 Å². The number of methoxy groups -OCH3 is 2. The van der Waals surface area contributed by atoms with Crippen LogP contribution in [0.4, 0.5) is 0 Å². The Labute approximate surface area is 147 Å². The molecule has 0 radical (unpaired) electrons. The lowest BCUT2D eigenvalue weighted by Gasteiger charge is -2.12. The number of nitrogens with two attached hydrogens (primary N) is 1. The first-order valence-corrected chi connectivity index (χ1v) is 7.21. The molecule has 0 atom stereocenters. The molecule has 2 aromatic rings. The summed E-state index contributed by atoms with van der Waals surface area (Å²) in [6, 6.07) is 5.79. The Hall–Kier alpha value is -3.07. The summed E-state index contributed by atoms with van der Waals surface area (Å²) >= 11 is 6.04. The molecule has 0 fully saturated rings. The molecule has 1 heterocycles. The number of primary amides is 1. The number of ether oxygens (including phenoxy) is 4. The third-order valence-corrected chi connectivity index (χ3v) is 3.12. The highest BCUT2D eigenvalue weighted by molar-refractivity contribution is 6.34.